The zero-order chi connectivity index (χ0) is 28.1. The van der Waals surface area contributed by atoms with E-state index < -0.39 is 37.5 Å². The largest absolute Gasteiger partial charge is 0.444 e. The summed E-state index contributed by atoms with van der Waals surface area (Å²) in [5.41, 5.74) is -1.34. The monoisotopic (exact) mass is 562 g/mol. The molecular formula is C25H28ClFN6O4S. The molecule has 0 saturated heterocycles. The molecule has 1 aliphatic heterocycles. The predicted octanol–water partition coefficient (Wildman–Crippen LogP) is 5.57. The Hall–Kier alpha value is -3.38. The van der Waals surface area contributed by atoms with Gasteiger partial charge in [-0.1, -0.05) is 16.8 Å². The van der Waals surface area contributed by atoms with E-state index in [0.717, 1.165) is 0 Å². The second-order valence-corrected chi connectivity index (χ2v) is 13.8. The van der Waals surface area contributed by atoms with Crippen molar-refractivity contribution in [2.45, 2.75) is 57.4 Å². The van der Waals surface area contributed by atoms with Crippen molar-refractivity contribution in [3.05, 3.63) is 53.1 Å². The van der Waals surface area contributed by atoms with Crippen molar-refractivity contribution >= 4 is 33.3 Å². The van der Waals surface area contributed by atoms with Crippen molar-refractivity contribution in [1.82, 2.24) is 20.4 Å². The van der Waals surface area contributed by atoms with E-state index in [0.29, 0.717) is 27.9 Å². The van der Waals surface area contributed by atoms with E-state index in [1.807, 2.05) is 0 Å². The highest BCUT2D eigenvalue weighted by molar-refractivity contribution is 7.94. The van der Waals surface area contributed by atoms with Gasteiger partial charge < -0.3 is 9.26 Å². The Morgan fingerprint density at radius 1 is 1.21 bits per heavy atom. The van der Waals surface area contributed by atoms with Gasteiger partial charge in [0, 0.05) is 29.6 Å². The van der Waals surface area contributed by atoms with Crippen LogP contribution in [-0.2, 0) is 20.0 Å². The van der Waals surface area contributed by atoms with Gasteiger partial charge in [0.15, 0.2) is 17.3 Å². The normalized spacial score (nSPS) is 23.0. The second-order valence-electron chi connectivity index (χ2n) is 10.7. The van der Waals surface area contributed by atoms with Gasteiger partial charge in [-0.05, 0) is 59.7 Å². The molecule has 0 aliphatic carbocycles. The molecule has 0 radical (unpaired) electrons. The van der Waals surface area contributed by atoms with Crippen LogP contribution in [0.15, 0.2) is 46.2 Å². The van der Waals surface area contributed by atoms with Crippen LogP contribution in [0.4, 0.5) is 9.18 Å². The number of amidine groups is 1. The molecule has 3 aromatic rings. The van der Waals surface area contributed by atoms with Crippen LogP contribution >= 0.6 is 11.6 Å². The van der Waals surface area contributed by atoms with Crippen LogP contribution in [0.25, 0.3) is 22.8 Å². The highest BCUT2D eigenvalue weighted by Gasteiger charge is 2.49. The number of hydrogen-bond acceptors (Lipinski definition) is 9. The number of nitrogens with zero attached hydrogens (tertiary/aromatic N) is 4. The summed E-state index contributed by atoms with van der Waals surface area (Å²) in [5, 5.41) is 6.91. The molecule has 0 spiro atoms. The quantitative estimate of drug-likeness (QED) is 0.424. The van der Waals surface area contributed by atoms with E-state index in [1.165, 1.54) is 30.6 Å². The van der Waals surface area contributed by atoms with Gasteiger partial charge in [-0.15, -0.1) is 0 Å². The van der Waals surface area contributed by atoms with E-state index in [1.54, 1.807) is 47.6 Å². The minimum absolute atomic E-state index is 0.0212. The zero-order valence-electron chi connectivity index (χ0n) is 21.8. The maximum atomic E-state index is 15.3. The highest BCUT2D eigenvalue weighted by atomic mass is 35.5. The third-order valence-electron chi connectivity index (χ3n) is 6.05. The van der Waals surface area contributed by atoms with Gasteiger partial charge >= 0.3 is 6.09 Å². The number of carbonyl (C=O) groups is 1. The molecule has 1 aliphatic rings. The maximum Gasteiger partial charge on any atom is 0.413 e. The van der Waals surface area contributed by atoms with Crippen molar-refractivity contribution in [3.8, 4) is 22.8 Å². The SMILES string of the molecule is CC(C)(C)OC(=O)NC1=N[C@](C)(c2cc(-c3cc(-c4ncc(Cl)cn4)no3)ccc2F)C[S@](=N)(=O)C1(C)C. The Kier molecular flexibility index (Phi) is 6.86. The summed E-state index contributed by atoms with van der Waals surface area (Å²) in [4.78, 5) is 25.4. The Morgan fingerprint density at radius 3 is 2.50 bits per heavy atom. The third-order valence-corrected chi connectivity index (χ3v) is 9.05. The van der Waals surface area contributed by atoms with Crippen molar-refractivity contribution in [2.24, 2.45) is 4.99 Å². The second kappa shape index (κ2) is 9.42. The van der Waals surface area contributed by atoms with Crippen LogP contribution in [0.1, 0.15) is 47.1 Å². The van der Waals surface area contributed by atoms with Crippen LogP contribution < -0.4 is 5.32 Å². The molecule has 0 bridgehead atoms. The highest BCUT2D eigenvalue weighted by Crippen LogP contribution is 2.40. The molecule has 1 amide bonds. The van der Waals surface area contributed by atoms with E-state index in [4.69, 9.17) is 25.6 Å². The topological polar surface area (TPSA) is 143 Å². The van der Waals surface area contributed by atoms with Crippen LogP contribution in [0.2, 0.25) is 5.02 Å². The summed E-state index contributed by atoms with van der Waals surface area (Å²) < 4.78 is 47.0. The maximum absolute atomic E-state index is 15.3. The minimum atomic E-state index is -3.42. The lowest BCUT2D eigenvalue weighted by atomic mass is 9.91. The van der Waals surface area contributed by atoms with E-state index >= 15 is 4.39 Å². The first-order valence-electron chi connectivity index (χ1n) is 11.6. The zero-order valence-corrected chi connectivity index (χ0v) is 23.3. The van der Waals surface area contributed by atoms with Crippen molar-refractivity contribution in [3.63, 3.8) is 0 Å². The van der Waals surface area contributed by atoms with Crippen LogP contribution in [0, 0.1) is 10.6 Å². The summed E-state index contributed by atoms with van der Waals surface area (Å²) in [5.74, 6) is -0.307. The minimum Gasteiger partial charge on any atom is -0.444 e. The number of aliphatic imine (C=N–C) groups is 1. The van der Waals surface area contributed by atoms with Gasteiger partial charge in [-0.3, -0.25) is 15.1 Å². The fourth-order valence-electron chi connectivity index (χ4n) is 3.92. The molecule has 2 N–H and O–H groups in total. The fraction of sp³-hybridized carbons (Fsp3) is 0.400. The molecule has 202 valence electrons. The fourth-order valence-corrected chi connectivity index (χ4v) is 5.79. The molecule has 38 heavy (non-hydrogen) atoms. The molecule has 2 aromatic heterocycles. The number of hydrogen-bond donors (Lipinski definition) is 2. The van der Waals surface area contributed by atoms with Crippen molar-refractivity contribution in [2.75, 3.05) is 5.75 Å². The Bertz CT molecular complexity index is 1530. The number of amides is 1. The standard InChI is InChI=1S/C25H28ClFN6O4S/c1-23(2,3)36-22(34)31-21-24(4,5)38(28,35)13-25(6,32-21)16-9-14(7-8-17(16)27)19-10-18(33-37-19)20-29-11-15(26)12-30-20/h7-12,28H,13H2,1-6H3,(H,31,32,34)/t25-,38-/m0/s1. The smallest absolute Gasteiger partial charge is 0.413 e. The lowest BCUT2D eigenvalue weighted by Crippen LogP contribution is -2.57. The first-order valence-corrected chi connectivity index (χ1v) is 13.7. The van der Waals surface area contributed by atoms with Gasteiger partial charge in [-0.25, -0.2) is 23.4 Å². The number of halogens is 2. The molecule has 0 fully saturated rings. The average Bonchev–Trinajstić information content (AvgIpc) is 3.27. The van der Waals surface area contributed by atoms with Gasteiger partial charge in [0.1, 0.15) is 27.5 Å². The Morgan fingerprint density at radius 2 is 1.87 bits per heavy atom. The molecule has 4 rings (SSSR count). The van der Waals surface area contributed by atoms with Crippen molar-refractivity contribution < 1.29 is 22.7 Å². The van der Waals surface area contributed by atoms with Gasteiger partial charge in [0.05, 0.1) is 20.5 Å². The predicted molar refractivity (Wildman–Crippen MR) is 142 cm³/mol. The number of carbonyl (C=O) groups excluding carboxylic acids is 1. The van der Waals surface area contributed by atoms with Crippen LogP contribution in [-0.4, -0.2) is 47.4 Å². The van der Waals surface area contributed by atoms with Gasteiger partial charge in [0.25, 0.3) is 0 Å². The van der Waals surface area contributed by atoms with Gasteiger partial charge in [0.2, 0.25) is 0 Å². The summed E-state index contributed by atoms with van der Waals surface area (Å²) in [6.07, 6.45) is 2.05. The number of alkyl carbamates (subject to hydrolysis) is 1. The van der Waals surface area contributed by atoms with Crippen molar-refractivity contribution in [1.29, 1.82) is 4.78 Å². The summed E-state index contributed by atoms with van der Waals surface area (Å²) in [7, 11) is -3.42. The number of ether oxygens (including phenoxy) is 1. The molecule has 13 heteroatoms. The first kappa shape index (κ1) is 27.6. The Balaban J connectivity index is 1.75. The summed E-state index contributed by atoms with van der Waals surface area (Å²) in [6.45, 7) is 9.79. The number of rotatable bonds is 3. The van der Waals surface area contributed by atoms with E-state index in [9.17, 15) is 9.00 Å². The first-order chi connectivity index (χ1) is 17.5. The van der Waals surface area contributed by atoms with Crippen LogP contribution in [0.3, 0.4) is 0 Å². The molecule has 0 saturated carbocycles. The number of benzene rings is 1. The van der Waals surface area contributed by atoms with E-state index in [-0.39, 0.29) is 17.2 Å². The molecule has 10 nitrogen and oxygen atoms in total. The molecule has 3 heterocycles. The lowest BCUT2D eigenvalue weighted by molar-refractivity contribution is 0.0560. The van der Waals surface area contributed by atoms with Gasteiger partial charge in [-0.2, -0.15) is 0 Å². The van der Waals surface area contributed by atoms with E-state index in [2.05, 4.69) is 25.4 Å². The average molecular weight is 563 g/mol. The third kappa shape index (κ3) is 5.41. The summed E-state index contributed by atoms with van der Waals surface area (Å²) >= 11 is 5.84. The molecule has 1 aromatic carbocycles. The molecular weight excluding hydrogens is 535 g/mol. The lowest BCUT2D eigenvalue weighted by Gasteiger charge is -2.41. The number of aromatic nitrogens is 3. The molecule has 2 atom stereocenters. The Labute approximate surface area is 225 Å². The summed E-state index contributed by atoms with van der Waals surface area (Å²) in [6, 6.07) is 5.84. The van der Waals surface area contributed by atoms with Crippen LogP contribution in [0.5, 0.6) is 0 Å². The number of nitrogens with one attached hydrogen (secondary N) is 2. The molecule has 0 unspecified atom stereocenters.